The Bertz CT molecular complexity index is 320. The summed E-state index contributed by atoms with van der Waals surface area (Å²) in [6.07, 6.45) is -1.08. The Morgan fingerprint density at radius 3 is 2.62 bits per heavy atom. The van der Waals surface area contributed by atoms with Gasteiger partial charge >= 0.3 is 5.97 Å². The van der Waals surface area contributed by atoms with Crippen LogP contribution in [-0.4, -0.2) is 51.3 Å². The zero-order chi connectivity index (χ0) is 12.3. The minimum absolute atomic E-state index is 0.0180. The zero-order valence-electron chi connectivity index (χ0n) is 8.47. The van der Waals surface area contributed by atoms with Crippen LogP contribution >= 0.6 is 11.8 Å². The van der Waals surface area contributed by atoms with E-state index >= 15 is 0 Å². The zero-order valence-corrected chi connectivity index (χ0v) is 9.28. The molecule has 1 rings (SSSR count). The minimum Gasteiger partial charge on any atom is -0.480 e. The molecule has 0 spiro atoms. The SMILES string of the molecule is CC(O)C(NCC1SC(=O)NC1=O)C(=O)O. The summed E-state index contributed by atoms with van der Waals surface area (Å²) in [6.45, 7) is 1.35. The van der Waals surface area contributed by atoms with Gasteiger partial charge in [0.1, 0.15) is 11.3 Å². The Morgan fingerprint density at radius 1 is 1.62 bits per heavy atom. The Labute approximate surface area is 95.6 Å². The van der Waals surface area contributed by atoms with Crippen LogP contribution in [-0.2, 0) is 9.59 Å². The smallest absolute Gasteiger partial charge is 0.323 e. The van der Waals surface area contributed by atoms with Crippen LogP contribution in [0.4, 0.5) is 4.79 Å². The average molecular weight is 248 g/mol. The summed E-state index contributed by atoms with van der Waals surface area (Å²) in [6, 6.07) is -1.15. The van der Waals surface area contributed by atoms with Crippen molar-refractivity contribution >= 4 is 28.9 Å². The molecule has 1 saturated heterocycles. The fraction of sp³-hybridized carbons (Fsp3) is 0.625. The number of rotatable bonds is 5. The molecule has 0 aromatic carbocycles. The van der Waals surface area contributed by atoms with Gasteiger partial charge in [0.2, 0.25) is 5.91 Å². The first-order valence-corrected chi connectivity index (χ1v) is 5.45. The van der Waals surface area contributed by atoms with Gasteiger partial charge in [-0.25, -0.2) is 0 Å². The second kappa shape index (κ2) is 5.28. The summed E-state index contributed by atoms with van der Waals surface area (Å²) < 4.78 is 0. The van der Waals surface area contributed by atoms with Gasteiger partial charge in [-0.15, -0.1) is 0 Å². The lowest BCUT2D eigenvalue weighted by atomic mass is 10.2. The van der Waals surface area contributed by atoms with Crippen LogP contribution in [0, 0.1) is 0 Å². The molecule has 0 aromatic heterocycles. The molecule has 4 N–H and O–H groups in total. The van der Waals surface area contributed by atoms with Crippen molar-refractivity contribution < 1.29 is 24.6 Å². The van der Waals surface area contributed by atoms with E-state index in [2.05, 4.69) is 10.6 Å². The number of carboxylic acids is 1. The van der Waals surface area contributed by atoms with Gasteiger partial charge < -0.3 is 15.5 Å². The molecule has 3 unspecified atom stereocenters. The number of nitrogens with one attached hydrogen (secondary N) is 2. The van der Waals surface area contributed by atoms with Gasteiger partial charge in [0.15, 0.2) is 0 Å². The number of thioether (sulfide) groups is 1. The molecule has 16 heavy (non-hydrogen) atoms. The molecule has 0 saturated carbocycles. The number of aliphatic hydroxyl groups excluding tert-OH is 1. The van der Waals surface area contributed by atoms with Gasteiger partial charge in [-0.05, 0) is 18.7 Å². The third-order valence-corrected chi connectivity index (χ3v) is 3.02. The van der Waals surface area contributed by atoms with Crippen LogP contribution in [0.2, 0.25) is 0 Å². The highest BCUT2D eigenvalue weighted by Gasteiger charge is 2.33. The maximum atomic E-state index is 11.1. The number of aliphatic carboxylic acids is 1. The maximum Gasteiger partial charge on any atom is 0.323 e. The molecule has 2 amide bonds. The third-order valence-electron chi connectivity index (χ3n) is 2.04. The minimum atomic E-state index is -1.20. The summed E-state index contributed by atoms with van der Waals surface area (Å²) in [5.74, 6) is -1.65. The van der Waals surface area contributed by atoms with Gasteiger partial charge in [-0.1, -0.05) is 0 Å². The lowest BCUT2D eigenvalue weighted by Gasteiger charge is -2.17. The highest BCUT2D eigenvalue weighted by atomic mass is 32.2. The molecule has 0 bridgehead atoms. The van der Waals surface area contributed by atoms with Crippen LogP contribution in [0.15, 0.2) is 0 Å². The number of carbonyl (C=O) groups is 3. The molecular formula is C8H12N2O5S. The van der Waals surface area contributed by atoms with Gasteiger partial charge in [0.05, 0.1) is 6.10 Å². The van der Waals surface area contributed by atoms with Gasteiger partial charge in [-0.2, -0.15) is 0 Å². The van der Waals surface area contributed by atoms with E-state index in [0.717, 1.165) is 11.8 Å². The predicted octanol–water partition coefficient (Wildman–Crippen LogP) is -1.24. The molecule has 0 radical (unpaired) electrons. The Morgan fingerprint density at radius 2 is 2.25 bits per heavy atom. The van der Waals surface area contributed by atoms with E-state index in [9.17, 15) is 14.4 Å². The van der Waals surface area contributed by atoms with Gasteiger partial charge in [-0.3, -0.25) is 19.7 Å². The van der Waals surface area contributed by atoms with E-state index in [1.54, 1.807) is 0 Å². The number of imide groups is 1. The highest BCUT2D eigenvalue weighted by Crippen LogP contribution is 2.18. The summed E-state index contributed by atoms with van der Waals surface area (Å²) >= 11 is 0.802. The first-order valence-electron chi connectivity index (χ1n) is 4.57. The highest BCUT2D eigenvalue weighted by molar-refractivity contribution is 8.15. The number of carboxylic acid groups (broad SMARTS) is 1. The topological polar surface area (TPSA) is 116 Å². The molecule has 1 aliphatic rings. The second-order valence-corrected chi connectivity index (χ2v) is 4.52. The quantitative estimate of drug-likeness (QED) is 0.481. The molecule has 1 aliphatic heterocycles. The summed E-state index contributed by atoms with van der Waals surface area (Å²) in [5.41, 5.74) is 0. The van der Waals surface area contributed by atoms with Crippen molar-refractivity contribution in [1.82, 2.24) is 10.6 Å². The van der Waals surface area contributed by atoms with Crippen molar-refractivity contribution in [3.63, 3.8) is 0 Å². The summed E-state index contributed by atoms with van der Waals surface area (Å²) in [5, 5.41) is 21.4. The van der Waals surface area contributed by atoms with Crippen molar-refractivity contribution in [2.24, 2.45) is 0 Å². The van der Waals surface area contributed by atoms with E-state index in [4.69, 9.17) is 10.2 Å². The van der Waals surface area contributed by atoms with Crippen LogP contribution in [0.1, 0.15) is 6.92 Å². The third kappa shape index (κ3) is 3.19. The number of hydrogen-bond acceptors (Lipinski definition) is 6. The normalized spacial score (nSPS) is 24.0. The molecule has 0 aliphatic carbocycles. The standard InChI is InChI=1S/C8H12N2O5S/c1-3(11)5(7(13)14)9-2-4-6(12)10-8(15)16-4/h3-5,9,11H,2H2,1H3,(H,13,14)(H,10,12,15). The van der Waals surface area contributed by atoms with E-state index in [1.165, 1.54) is 6.92 Å². The van der Waals surface area contributed by atoms with Crippen LogP contribution < -0.4 is 10.6 Å². The number of amides is 2. The van der Waals surface area contributed by atoms with Gasteiger partial charge in [0, 0.05) is 6.54 Å². The van der Waals surface area contributed by atoms with Gasteiger partial charge in [0.25, 0.3) is 5.24 Å². The predicted molar refractivity (Wildman–Crippen MR) is 56.0 cm³/mol. The Hall–Kier alpha value is -1.12. The first-order chi connectivity index (χ1) is 7.41. The number of carbonyl (C=O) groups excluding carboxylic acids is 2. The second-order valence-electron chi connectivity index (χ2n) is 3.35. The Balaban J connectivity index is 2.47. The number of hydrogen-bond donors (Lipinski definition) is 4. The molecule has 1 fully saturated rings. The van der Waals surface area contributed by atoms with E-state index in [1.807, 2.05) is 0 Å². The molecule has 90 valence electrons. The van der Waals surface area contributed by atoms with Crippen molar-refractivity contribution in [1.29, 1.82) is 0 Å². The van der Waals surface area contributed by atoms with Crippen molar-refractivity contribution in [3.05, 3.63) is 0 Å². The van der Waals surface area contributed by atoms with E-state index < -0.39 is 34.5 Å². The van der Waals surface area contributed by atoms with E-state index in [0.29, 0.717) is 0 Å². The average Bonchev–Trinajstić information content (AvgIpc) is 2.44. The summed E-state index contributed by atoms with van der Waals surface area (Å²) in [7, 11) is 0. The Kier molecular flexibility index (Phi) is 4.27. The summed E-state index contributed by atoms with van der Waals surface area (Å²) in [4.78, 5) is 32.6. The fourth-order valence-corrected chi connectivity index (χ4v) is 1.99. The largest absolute Gasteiger partial charge is 0.480 e. The fourth-order valence-electron chi connectivity index (χ4n) is 1.23. The van der Waals surface area contributed by atoms with Crippen LogP contribution in [0.5, 0.6) is 0 Å². The van der Waals surface area contributed by atoms with Crippen molar-refractivity contribution in [2.75, 3.05) is 6.54 Å². The molecule has 3 atom stereocenters. The molecule has 7 nitrogen and oxygen atoms in total. The number of aliphatic hydroxyl groups is 1. The molecule has 0 aromatic rings. The van der Waals surface area contributed by atoms with Crippen LogP contribution in [0.25, 0.3) is 0 Å². The maximum absolute atomic E-state index is 11.1. The lowest BCUT2D eigenvalue weighted by Crippen LogP contribution is -2.48. The first kappa shape index (κ1) is 12.9. The molecule has 8 heteroatoms. The molecule has 1 heterocycles. The van der Waals surface area contributed by atoms with Crippen LogP contribution in [0.3, 0.4) is 0 Å². The molecular weight excluding hydrogens is 236 g/mol. The van der Waals surface area contributed by atoms with Crippen molar-refractivity contribution in [3.8, 4) is 0 Å². The van der Waals surface area contributed by atoms with E-state index in [-0.39, 0.29) is 6.54 Å². The van der Waals surface area contributed by atoms with Crippen molar-refractivity contribution in [2.45, 2.75) is 24.3 Å². The lowest BCUT2D eigenvalue weighted by molar-refractivity contribution is -0.142. The monoisotopic (exact) mass is 248 g/mol.